The third kappa shape index (κ3) is 2.16. The van der Waals surface area contributed by atoms with Crippen LogP contribution in [0.4, 0.5) is 10.2 Å². The normalized spacial score (nSPS) is 10.7. The van der Waals surface area contributed by atoms with Gasteiger partial charge < -0.3 is 5.73 Å². The SMILES string of the molecule is CCc1nc(-c2cccc(Cl)c2F)nc(N)c1C. The standard InChI is InChI=1S/C13H13ClFN3/c1-3-10-7(2)12(16)18-13(17-10)8-5-4-6-9(14)11(8)15/h4-6H,3H2,1-2H3,(H2,16,17,18). The number of rotatable bonds is 2. The van der Waals surface area contributed by atoms with Crippen LogP contribution in [0.5, 0.6) is 0 Å². The monoisotopic (exact) mass is 265 g/mol. The van der Waals surface area contributed by atoms with Crippen LogP contribution in [0.25, 0.3) is 11.4 Å². The molecular weight excluding hydrogens is 253 g/mol. The molecule has 18 heavy (non-hydrogen) atoms. The zero-order valence-corrected chi connectivity index (χ0v) is 10.9. The van der Waals surface area contributed by atoms with E-state index in [4.69, 9.17) is 17.3 Å². The molecule has 0 radical (unpaired) electrons. The summed E-state index contributed by atoms with van der Waals surface area (Å²) in [7, 11) is 0. The van der Waals surface area contributed by atoms with Gasteiger partial charge in [-0.2, -0.15) is 0 Å². The molecule has 0 unspecified atom stereocenters. The molecule has 1 heterocycles. The molecule has 2 rings (SSSR count). The Morgan fingerprint density at radius 3 is 2.72 bits per heavy atom. The van der Waals surface area contributed by atoms with Crippen LogP contribution in [0.15, 0.2) is 18.2 Å². The van der Waals surface area contributed by atoms with E-state index in [1.54, 1.807) is 12.1 Å². The Kier molecular flexibility index (Phi) is 3.48. The van der Waals surface area contributed by atoms with E-state index in [1.165, 1.54) is 6.07 Å². The van der Waals surface area contributed by atoms with Gasteiger partial charge in [0.2, 0.25) is 0 Å². The topological polar surface area (TPSA) is 51.8 Å². The number of nitrogens with zero attached hydrogens (tertiary/aromatic N) is 2. The van der Waals surface area contributed by atoms with Crippen LogP contribution < -0.4 is 5.73 Å². The molecule has 0 saturated heterocycles. The Morgan fingerprint density at radius 1 is 1.33 bits per heavy atom. The Bertz CT molecular complexity index is 599. The first-order chi connectivity index (χ1) is 8.54. The maximum atomic E-state index is 13.9. The summed E-state index contributed by atoms with van der Waals surface area (Å²) in [5.41, 5.74) is 7.74. The lowest BCUT2D eigenvalue weighted by molar-refractivity contribution is 0.630. The van der Waals surface area contributed by atoms with E-state index in [-0.39, 0.29) is 16.4 Å². The molecule has 2 aromatic rings. The molecule has 0 aliphatic rings. The minimum Gasteiger partial charge on any atom is -0.383 e. The highest BCUT2D eigenvalue weighted by atomic mass is 35.5. The quantitative estimate of drug-likeness (QED) is 0.906. The van der Waals surface area contributed by atoms with E-state index in [2.05, 4.69) is 9.97 Å². The van der Waals surface area contributed by atoms with Crippen molar-refractivity contribution in [3.05, 3.63) is 40.3 Å². The van der Waals surface area contributed by atoms with Gasteiger partial charge >= 0.3 is 0 Å². The van der Waals surface area contributed by atoms with E-state index in [0.29, 0.717) is 12.2 Å². The summed E-state index contributed by atoms with van der Waals surface area (Å²) in [4.78, 5) is 8.46. The van der Waals surface area contributed by atoms with Gasteiger partial charge in [-0.1, -0.05) is 24.6 Å². The second-order valence-electron chi connectivity index (χ2n) is 3.96. The number of nitrogen functional groups attached to an aromatic ring is 1. The van der Waals surface area contributed by atoms with E-state index >= 15 is 0 Å². The second kappa shape index (κ2) is 4.90. The van der Waals surface area contributed by atoms with Crippen molar-refractivity contribution < 1.29 is 4.39 Å². The molecular formula is C13H13ClFN3. The van der Waals surface area contributed by atoms with Crippen LogP contribution >= 0.6 is 11.6 Å². The van der Waals surface area contributed by atoms with Crippen molar-refractivity contribution in [2.75, 3.05) is 5.73 Å². The molecule has 1 aromatic heterocycles. The van der Waals surface area contributed by atoms with Crippen molar-refractivity contribution in [3.8, 4) is 11.4 Å². The van der Waals surface area contributed by atoms with E-state index < -0.39 is 5.82 Å². The fourth-order valence-corrected chi connectivity index (χ4v) is 1.90. The highest BCUT2D eigenvalue weighted by Gasteiger charge is 2.14. The molecule has 3 nitrogen and oxygen atoms in total. The van der Waals surface area contributed by atoms with E-state index in [1.807, 2.05) is 13.8 Å². The maximum absolute atomic E-state index is 13.9. The van der Waals surface area contributed by atoms with Gasteiger partial charge in [0.15, 0.2) is 11.6 Å². The Hall–Kier alpha value is -1.68. The van der Waals surface area contributed by atoms with Gasteiger partial charge in [-0.15, -0.1) is 0 Å². The fraction of sp³-hybridized carbons (Fsp3) is 0.231. The third-order valence-electron chi connectivity index (χ3n) is 2.81. The van der Waals surface area contributed by atoms with Gasteiger partial charge in [0.05, 0.1) is 10.6 Å². The van der Waals surface area contributed by atoms with Crippen molar-refractivity contribution >= 4 is 17.4 Å². The molecule has 1 aromatic carbocycles. The lowest BCUT2D eigenvalue weighted by atomic mass is 10.1. The molecule has 2 N–H and O–H groups in total. The summed E-state index contributed by atoms with van der Waals surface area (Å²) < 4.78 is 13.9. The largest absolute Gasteiger partial charge is 0.383 e. The van der Waals surface area contributed by atoms with Crippen molar-refractivity contribution in [2.45, 2.75) is 20.3 Å². The van der Waals surface area contributed by atoms with E-state index in [9.17, 15) is 4.39 Å². The number of hydrogen-bond acceptors (Lipinski definition) is 3. The molecule has 0 spiro atoms. The van der Waals surface area contributed by atoms with Crippen LogP contribution in [0, 0.1) is 12.7 Å². The van der Waals surface area contributed by atoms with Crippen molar-refractivity contribution in [3.63, 3.8) is 0 Å². The summed E-state index contributed by atoms with van der Waals surface area (Å²) in [6.07, 6.45) is 0.716. The lowest BCUT2D eigenvalue weighted by Crippen LogP contribution is -2.05. The Balaban J connectivity index is 2.64. The van der Waals surface area contributed by atoms with Crippen LogP contribution in [0.2, 0.25) is 5.02 Å². The summed E-state index contributed by atoms with van der Waals surface area (Å²) in [5, 5.41) is 0.0493. The minimum absolute atomic E-state index is 0.0493. The second-order valence-corrected chi connectivity index (χ2v) is 4.37. The molecule has 94 valence electrons. The lowest BCUT2D eigenvalue weighted by Gasteiger charge is -2.09. The first-order valence-electron chi connectivity index (χ1n) is 5.62. The van der Waals surface area contributed by atoms with Gasteiger partial charge in [-0.05, 0) is 25.5 Å². The van der Waals surface area contributed by atoms with Crippen molar-refractivity contribution in [1.82, 2.24) is 9.97 Å². The molecule has 0 atom stereocenters. The average molecular weight is 266 g/mol. The first kappa shape index (κ1) is 12.8. The zero-order chi connectivity index (χ0) is 13.3. The molecule has 5 heteroatoms. The number of benzene rings is 1. The van der Waals surface area contributed by atoms with Crippen LogP contribution in [-0.4, -0.2) is 9.97 Å². The number of aromatic nitrogens is 2. The summed E-state index contributed by atoms with van der Waals surface area (Å²) in [6.45, 7) is 3.82. The molecule has 0 fully saturated rings. The van der Waals surface area contributed by atoms with Crippen molar-refractivity contribution in [2.24, 2.45) is 0 Å². The van der Waals surface area contributed by atoms with Crippen LogP contribution in [0.1, 0.15) is 18.2 Å². The number of nitrogens with two attached hydrogens (primary N) is 1. The number of halogens is 2. The van der Waals surface area contributed by atoms with Gasteiger partial charge in [0.1, 0.15) is 5.82 Å². The highest BCUT2D eigenvalue weighted by molar-refractivity contribution is 6.31. The van der Waals surface area contributed by atoms with Crippen LogP contribution in [-0.2, 0) is 6.42 Å². The molecule has 0 amide bonds. The maximum Gasteiger partial charge on any atom is 0.164 e. The Labute approximate surface area is 110 Å². The molecule has 0 aliphatic heterocycles. The van der Waals surface area contributed by atoms with Gasteiger partial charge in [-0.25, -0.2) is 14.4 Å². The number of hydrogen-bond donors (Lipinski definition) is 1. The zero-order valence-electron chi connectivity index (χ0n) is 10.2. The average Bonchev–Trinajstić information content (AvgIpc) is 2.36. The van der Waals surface area contributed by atoms with Gasteiger partial charge in [-0.3, -0.25) is 0 Å². The minimum atomic E-state index is -0.524. The predicted octanol–water partition coefficient (Wildman–Crippen LogP) is 3.39. The molecule has 0 aliphatic carbocycles. The van der Waals surface area contributed by atoms with Crippen molar-refractivity contribution in [1.29, 1.82) is 0 Å². The summed E-state index contributed by atoms with van der Waals surface area (Å²) in [6, 6.07) is 4.73. The molecule has 0 bridgehead atoms. The molecule has 0 saturated carbocycles. The van der Waals surface area contributed by atoms with Gasteiger partial charge in [0, 0.05) is 11.3 Å². The smallest absolute Gasteiger partial charge is 0.164 e. The highest BCUT2D eigenvalue weighted by Crippen LogP contribution is 2.27. The number of anilines is 1. The fourth-order valence-electron chi connectivity index (χ4n) is 1.72. The van der Waals surface area contributed by atoms with Gasteiger partial charge in [0.25, 0.3) is 0 Å². The number of aryl methyl sites for hydroxylation is 1. The predicted molar refractivity (Wildman–Crippen MR) is 71.0 cm³/mol. The first-order valence-corrected chi connectivity index (χ1v) is 5.99. The summed E-state index contributed by atoms with van der Waals surface area (Å²) >= 11 is 5.75. The van der Waals surface area contributed by atoms with E-state index in [0.717, 1.165) is 11.3 Å². The summed E-state index contributed by atoms with van der Waals surface area (Å²) in [5.74, 6) is 0.121. The van der Waals surface area contributed by atoms with Crippen LogP contribution in [0.3, 0.4) is 0 Å². The Morgan fingerprint density at radius 2 is 2.06 bits per heavy atom. The third-order valence-corrected chi connectivity index (χ3v) is 3.10.